The number of rotatable bonds is 4. The molecule has 1 saturated heterocycles. The van der Waals surface area contributed by atoms with Crippen LogP contribution in [-0.2, 0) is 0 Å². The Kier molecular flexibility index (Phi) is 4.87. The van der Waals surface area contributed by atoms with E-state index in [4.69, 9.17) is 0 Å². The van der Waals surface area contributed by atoms with Crippen LogP contribution in [0.4, 0.5) is 0 Å². The Hall–Kier alpha value is -0.0800. The van der Waals surface area contributed by atoms with Crippen molar-refractivity contribution in [2.45, 2.75) is 77.4 Å². The van der Waals surface area contributed by atoms with Crippen LogP contribution in [-0.4, -0.2) is 36.1 Å². The summed E-state index contributed by atoms with van der Waals surface area (Å²) in [6.45, 7) is 9.62. The number of hydrogen-bond acceptors (Lipinski definition) is 2. The second kappa shape index (κ2) is 6.19. The van der Waals surface area contributed by atoms with Gasteiger partial charge >= 0.3 is 0 Å². The van der Waals surface area contributed by atoms with Gasteiger partial charge in [0.2, 0.25) is 0 Å². The second-order valence-electron chi connectivity index (χ2n) is 6.14. The van der Waals surface area contributed by atoms with Crippen LogP contribution in [0.5, 0.6) is 0 Å². The first-order valence-electron chi connectivity index (χ1n) is 7.74. The van der Waals surface area contributed by atoms with Gasteiger partial charge in [-0.2, -0.15) is 0 Å². The Bertz CT molecular complexity index is 229. The fourth-order valence-corrected chi connectivity index (χ4v) is 3.38. The van der Waals surface area contributed by atoms with Crippen molar-refractivity contribution in [2.75, 3.05) is 13.1 Å². The maximum Gasteiger partial charge on any atom is 0.0127 e. The highest BCUT2D eigenvalue weighted by Crippen LogP contribution is 2.39. The third-order valence-electron chi connectivity index (χ3n) is 4.64. The van der Waals surface area contributed by atoms with Gasteiger partial charge in [-0.05, 0) is 58.0 Å². The van der Waals surface area contributed by atoms with E-state index in [1.165, 1.54) is 51.6 Å². The van der Waals surface area contributed by atoms with Gasteiger partial charge in [0, 0.05) is 18.1 Å². The van der Waals surface area contributed by atoms with Gasteiger partial charge in [-0.25, -0.2) is 0 Å². The van der Waals surface area contributed by atoms with Crippen molar-refractivity contribution >= 4 is 0 Å². The Morgan fingerprint density at radius 1 is 1.18 bits per heavy atom. The predicted octanol–water partition coefficient (Wildman–Crippen LogP) is 3.03. The van der Waals surface area contributed by atoms with Crippen LogP contribution < -0.4 is 5.32 Å². The smallest absolute Gasteiger partial charge is 0.0127 e. The molecule has 0 amide bonds. The fraction of sp³-hybridized carbons (Fsp3) is 1.00. The van der Waals surface area contributed by atoms with E-state index in [2.05, 4.69) is 31.0 Å². The minimum Gasteiger partial charge on any atom is -0.311 e. The molecule has 1 aliphatic carbocycles. The molecule has 17 heavy (non-hydrogen) atoms. The molecule has 100 valence electrons. The van der Waals surface area contributed by atoms with E-state index in [1.54, 1.807) is 0 Å². The van der Waals surface area contributed by atoms with E-state index < -0.39 is 0 Å². The summed E-state index contributed by atoms with van der Waals surface area (Å²) in [7, 11) is 0. The molecular weight excluding hydrogens is 208 g/mol. The van der Waals surface area contributed by atoms with E-state index in [1.807, 2.05) is 0 Å². The molecule has 2 nitrogen and oxygen atoms in total. The van der Waals surface area contributed by atoms with Gasteiger partial charge in [0.25, 0.3) is 0 Å². The van der Waals surface area contributed by atoms with E-state index in [0.29, 0.717) is 6.04 Å². The highest BCUT2D eigenvalue weighted by atomic mass is 15.2. The SMILES string of the molecule is CCCC1CC1N1CCC(C)NC(CC)CC1. The van der Waals surface area contributed by atoms with E-state index in [-0.39, 0.29) is 0 Å². The molecule has 4 atom stereocenters. The van der Waals surface area contributed by atoms with Gasteiger partial charge in [-0.1, -0.05) is 20.3 Å². The summed E-state index contributed by atoms with van der Waals surface area (Å²) in [5.74, 6) is 1.03. The molecule has 1 saturated carbocycles. The molecule has 0 radical (unpaired) electrons. The van der Waals surface area contributed by atoms with Crippen molar-refractivity contribution in [2.24, 2.45) is 5.92 Å². The van der Waals surface area contributed by atoms with Crippen LogP contribution in [0.2, 0.25) is 0 Å². The Morgan fingerprint density at radius 3 is 2.65 bits per heavy atom. The van der Waals surface area contributed by atoms with E-state index in [0.717, 1.165) is 18.0 Å². The number of hydrogen-bond donors (Lipinski definition) is 1. The third kappa shape index (κ3) is 3.69. The van der Waals surface area contributed by atoms with Crippen molar-refractivity contribution < 1.29 is 0 Å². The van der Waals surface area contributed by atoms with Crippen LogP contribution in [0.1, 0.15) is 59.3 Å². The Morgan fingerprint density at radius 2 is 1.94 bits per heavy atom. The zero-order chi connectivity index (χ0) is 12.3. The quantitative estimate of drug-likeness (QED) is 0.810. The zero-order valence-corrected chi connectivity index (χ0v) is 11.9. The molecule has 1 N–H and O–H groups in total. The number of nitrogens with zero attached hydrogens (tertiary/aromatic N) is 1. The predicted molar refractivity (Wildman–Crippen MR) is 74.3 cm³/mol. The van der Waals surface area contributed by atoms with E-state index >= 15 is 0 Å². The van der Waals surface area contributed by atoms with Crippen molar-refractivity contribution in [1.29, 1.82) is 0 Å². The maximum atomic E-state index is 3.76. The summed E-state index contributed by atoms with van der Waals surface area (Å²) in [5.41, 5.74) is 0. The molecule has 2 heteroatoms. The molecule has 2 fully saturated rings. The normalized spacial score (nSPS) is 39.7. The minimum absolute atomic E-state index is 0.700. The lowest BCUT2D eigenvalue weighted by atomic mass is 10.1. The first kappa shape index (κ1) is 13.4. The average Bonchev–Trinajstić information content (AvgIpc) is 3.04. The molecule has 2 aliphatic rings. The molecule has 0 aromatic carbocycles. The summed E-state index contributed by atoms with van der Waals surface area (Å²) in [4.78, 5) is 2.79. The minimum atomic E-state index is 0.700. The van der Waals surface area contributed by atoms with Gasteiger partial charge in [0.05, 0.1) is 0 Å². The summed E-state index contributed by atoms with van der Waals surface area (Å²) < 4.78 is 0. The van der Waals surface area contributed by atoms with Gasteiger partial charge in [0.15, 0.2) is 0 Å². The summed E-state index contributed by atoms with van der Waals surface area (Å²) in [6, 6.07) is 2.39. The van der Waals surface area contributed by atoms with Gasteiger partial charge in [0.1, 0.15) is 0 Å². The van der Waals surface area contributed by atoms with Crippen molar-refractivity contribution in [3.63, 3.8) is 0 Å². The molecule has 0 aromatic heterocycles. The Balaban J connectivity index is 1.82. The molecule has 0 aromatic rings. The maximum absolute atomic E-state index is 3.76. The largest absolute Gasteiger partial charge is 0.311 e. The third-order valence-corrected chi connectivity index (χ3v) is 4.64. The molecule has 0 spiro atoms. The fourth-order valence-electron chi connectivity index (χ4n) is 3.38. The lowest BCUT2D eigenvalue weighted by molar-refractivity contribution is 0.196. The van der Waals surface area contributed by atoms with Crippen molar-refractivity contribution in [1.82, 2.24) is 10.2 Å². The monoisotopic (exact) mass is 238 g/mol. The van der Waals surface area contributed by atoms with Crippen LogP contribution >= 0.6 is 0 Å². The first-order chi connectivity index (χ1) is 8.24. The summed E-state index contributed by atoms with van der Waals surface area (Å²) in [5, 5.41) is 3.76. The highest BCUT2D eigenvalue weighted by Gasteiger charge is 2.40. The highest BCUT2D eigenvalue weighted by molar-refractivity contribution is 4.95. The zero-order valence-electron chi connectivity index (χ0n) is 11.9. The summed E-state index contributed by atoms with van der Waals surface area (Å²) >= 11 is 0. The van der Waals surface area contributed by atoms with Crippen LogP contribution in [0.3, 0.4) is 0 Å². The van der Waals surface area contributed by atoms with Crippen molar-refractivity contribution in [3.05, 3.63) is 0 Å². The first-order valence-corrected chi connectivity index (χ1v) is 7.74. The average molecular weight is 238 g/mol. The summed E-state index contributed by atoms with van der Waals surface area (Å²) in [6.07, 6.45) is 8.24. The second-order valence-corrected chi connectivity index (χ2v) is 6.14. The van der Waals surface area contributed by atoms with Crippen LogP contribution in [0, 0.1) is 5.92 Å². The Labute approximate surface area is 107 Å². The number of nitrogens with one attached hydrogen (secondary N) is 1. The van der Waals surface area contributed by atoms with Crippen LogP contribution in [0.25, 0.3) is 0 Å². The topological polar surface area (TPSA) is 15.3 Å². The van der Waals surface area contributed by atoms with E-state index in [9.17, 15) is 0 Å². The standard InChI is InChI=1S/C15H30N2/c1-4-6-13-11-15(13)17-9-7-12(3)16-14(5-2)8-10-17/h12-16H,4-11H2,1-3H3. The van der Waals surface area contributed by atoms with Crippen molar-refractivity contribution in [3.8, 4) is 0 Å². The van der Waals surface area contributed by atoms with Gasteiger partial charge < -0.3 is 5.32 Å². The molecule has 4 unspecified atom stereocenters. The molecule has 1 aliphatic heterocycles. The van der Waals surface area contributed by atoms with Gasteiger partial charge in [-0.15, -0.1) is 0 Å². The lowest BCUT2D eigenvalue weighted by Crippen LogP contribution is -2.44. The molecular formula is C15H30N2. The van der Waals surface area contributed by atoms with Crippen LogP contribution in [0.15, 0.2) is 0 Å². The molecule has 2 rings (SSSR count). The molecule has 0 bridgehead atoms. The van der Waals surface area contributed by atoms with Gasteiger partial charge in [-0.3, -0.25) is 4.90 Å². The molecule has 1 heterocycles. The lowest BCUT2D eigenvalue weighted by Gasteiger charge is -2.32.